The first kappa shape index (κ1) is 15.5. The predicted octanol–water partition coefficient (Wildman–Crippen LogP) is 5.23. The van der Waals surface area contributed by atoms with Gasteiger partial charge >= 0.3 is 0 Å². The van der Waals surface area contributed by atoms with E-state index in [4.69, 9.17) is 16.0 Å². The van der Waals surface area contributed by atoms with Crippen LogP contribution in [0.25, 0.3) is 0 Å². The van der Waals surface area contributed by atoms with Crippen LogP contribution in [0.4, 0.5) is 4.39 Å². The van der Waals surface area contributed by atoms with Crippen LogP contribution < -0.4 is 5.32 Å². The van der Waals surface area contributed by atoms with Crippen molar-refractivity contribution in [3.05, 3.63) is 56.7 Å². The molecule has 0 amide bonds. The van der Waals surface area contributed by atoms with E-state index >= 15 is 0 Å². The van der Waals surface area contributed by atoms with Gasteiger partial charge in [0.15, 0.2) is 0 Å². The molecule has 1 aromatic carbocycles. The van der Waals surface area contributed by atoms with E-state index in [9.17, 15) is 4.39 Å². The number of rotatable bonds is 5. The summed E-state index contributed by atoms with van der Waals surface area (Å²) in [5, 5.41) is 3.83. The standard InChI is InChI=1S/C15H16BrClFNO/c1-3-5-19-15(10-4-6-20-9(10)2)11-7-13(17)12(16)8-14(11)18/h4,6-8,15,19H,3,5H2,1-2H3. The van der Waals surface area contributed by atoms with Crippen molar-refractivity contribution >= 4 is 27.5 Å². The first-order valence-corrected chi connectivity index (χ1v) is 7.63. The van der Waals surface area contributed by atoms with E-state index in [1.54, 1.807) is 12.3 Å². The third-order valence-electron chi connectivity index (χ3n) is 3.16. The summed E-state index contributed by atoms with van der Waals surface area (Å²) in [6.45, 7) is 4.72. The highest BCUT2D eigenvalue weighted by molar-refractivity contribution is 9.10. The Morgan fingerprint density at radius 2 is 2.15 bits per heavy atom. The van der Waals surface area contributed by atoms with Gasteiger partial charge in [0.2, 0.25) is 0 Å². The van der Waals surface area contributed by atoms with Crippen LogP contribution in [-0.4, -0.2) is 6.54 Å². The molecule has 0 aliphatic carbocycles. The average molecular weight is 361 g/mol. The van der Waals surface area contributed by atoms with E-state index in [0.717, 1.165) is 24.3 Å². The van der Waals surface area contributed by atoms with E-state index in [-0.39, 0.29) is 11.9 Å². The molecule has 1 heterocycles. The summed E-state index contributed by atoms with van der Waals surface area (Å²) < 4.78 is 20.2. The molecule has 0 aliphatic heterocycles. The Hall–Kier alpha value is -0.840. The van der Waals surface area contributed by atoms with Crippen molar-refractivity contribution in [2.45, 2.75) is 26.3 Å². The maximum Gasteiger partial charge on any atom is 0.129 e. The SMILES string of the molecule is CCCNC(c1cc(Cl)c(Br)cc1F)c1ccoc1C. The van der Waals surface area contributed by atoms with Gasteiger partial charge in [-0.25, -0.2) is 4.39 Å². The largest absolute Gasteiger partial charge is 0.469 e. The van der Waals surface area contributed by atoms with Crippen molar-refractivity contribution in [2.75, 3.05) is 6.54 Å². The minimum atomic E-state index is -0.296. The van der Waals surface area contributed by atoms with Crippen molar-refractivity contribution < 1.29 is 8.81 Å². The summed E-state index contributed by atoms with van der Waals surface area (Å²) in [6, 6.07) is 4.64. The summed E-state index contributed by atoms with van der Waals surface area (Å²) in [5.41, 5.74) is 1.45. The first-order chi connectivity index (χ1) is 9.54. The Labute approximate surface area is 131 Å². The first-order valence-electron chi connectivity index (χ1n) is 6.46. The van der Waals surface area contributed by atoms with Crippen molar-refractivity contribution in [3.8, 4) is 0 Å². The number of hydrogen-bond acceptors (Lipinski definition) is 2. The Morgan fingerprint density at radius 3 is 2.75 bits per heavy atom. The van der Waals surface area contributed by atoms with Gasteiger partial charge in [0.25, 0.3) is 0 Å². The van der Waals surface area contributed by atoms with Crippen LogP contribution in [0.1, 0.15) is 36.3 Å². The van der Waals surface area contributed by atoms with Crippen molar-refractivity contribution in [2.24, 2.45) is 0 Å². The lowest BCUT2D eigenvalue weighted by Crippen LogP contribution is -2.24. The molecule has 2 nitrogen and oxygen atoms in total. The normalized spacial score (nSPS) is 12.7. The summed E-state index contributed by atoms with van der Waals surface area (Å²) >= 11 is 9.33. The van der Waals surface area contributed by atoms with Crippen molar-refractivity contribution in [1.29, 1.82) is 0 Å². The molecule has 1 unspecified atom stereocenters. The van der Waals surface area contributed by atoms with Gasteiger partial charge in [-0.3, -0.25) is 0 Å². The molecule has 1 atom stereocenters. The van der Waals surface area contributed by atoms with Gasteiger partial charge in [0.1, 0.15) is 11.6 Å². The van der Waals surface area contributed by atoms with E-state index in [2.05, 4.69) is 28.2 Å². The van der Waals surface area contributed by atoms with Crippen LogP contribution >= 0.6 is 27.5 Å². The van der Waals surface area contributed by atoms with Crippen molar-refractivity contribution in [1.82, 2.24) is 5.32 Å². The van der Waals surface area contributed by atoms with Gasteiger partial charge in [-0.2, -0.15) is 0 Å². The lowest BCUT2D eigenvalue weighted by atomic mass is 9.98. The third-order valence-corrected chi connectivity index (χ3v) is 4.36. The quantitative estimate of drug-likeness (QED) is 0.738. The van der Waals surface area contributed by atoms with Gasteiger partial charge in [0, 0.05) is 15.6 Å². The fourth-order valence-corrected chi connectivity index (χ4v) is 2.62. The van der Waals surface area contributed by atoms with E-state index in [1.165, 1.54) is 6.07 Å². The fourth-order valence-electron chi connectivity index (χ4n) is 2.13. The maximum atomic E-state index is 14.3. The Kier molecular flexibility index (Phi) is 5.24. The minimum absolute atomic E-state index is 0.265. The van der Waals surface area contributed by atoms with Crippen LogP contribution in [0.2, 0.25) is 5.02 Å². The number of hydrogen-bond donors (Lipinski definition) is 1. The molecule has 0 aliphatic rings. The van der Waals surface area contributed by atoms with E-state index < -0.39 is 0 Å². The van der Waals surface area contributed by atoms with Gasteiger partial charge in [0.05, 0.1) is 17.3 Å². The molecule has 5 heteroatoms. The molecule has 0 saturated carbocycles. The Balaban J connectivity index is 2.46. The topological polar surface area (TPSA) is 25.2 Å². The number of halogens is 3. The van der Waals surface area contributed by atoms with Crippen LogP contribution in [0, 0.1) is 12.7 Å². The van der Waals surface area contributed by atoms with E-state index in [1.807, 2.05) is 13.0 Å². The molecule has 20 heavy (non-hydrogen) atoms. The summed E-state index contributed by atoms with van der Waals surface area (Å²) in [6.07, 6.45) is 2.57. The van der Waals surface area contributed by atoms with Gasteiger partial charge < -0.3 is 9.73 Å². The van der Waals surface area contributed by atoms with Crippen LogP contribution in [0.5, 0.6) is 0 Å². The van der Waals surface area contributed by atoms with Gasteiger partial charge in [-0.05, 0) is 54.0 Å². The molecule has 1 N–H and O–H groups in total. The lowest BCUT2D eigenvalue weighted by molar-refractivity contribution is 0.508. The molecule has 0 spiro atoms. The molecular formula is C15H16BrClFNO. The summed E-state index contributed by atoms with van der Waals surface area (Å²) in [7, 11) is 0. The number of aryl methyl sites for hydroxylation is 1. The molecule has 1 aromatic heterocycles. The van der Waals surface area contributed by atoms with Gasteiger partial charge in [-0.1, -0.05) is 18.5 Å². The molecular weight excluding hydrogens is 345 g/mol. The molecule has 2 rings (SSSR count). The Bertz CT molecular complexity index is 600. The molecule has 0 bridgehead atoms. The minimum Gasteiger partial charge on any atom is -0.469 e. The zero-order valence-electron chi connectivity index (χ0n) is 11.3. The molecule has 0 fully saturated rings. The second kappa shape index (κ2) is 6.74. The van der Waals surface area contributed by atoms with Crippen LogP contribution in [0.3, 0.4) is 0 Å². The predicted molar refractivity (Wildman–Crippen MR) is 82.7 cm³/mol. The summed E-state index contributed by atoms with van der Waals surface area (Å²) in [5.74, 6) is 0.479. The highest BCUT2D eigenvalue weighted by Crippen LogP contribution is 2.33. The Morgan fingerprint density at radius 1 is 1.40 bits per heavy atom. The number of furan rings is 1. The lowest BCUT2D eigenvalue weighted by Gasteiger charge is -2.20. The highest BCUT2D eigenvalue weighted by atomic mass is 79.9. The maximum absolute atomic E-state index is 14.3. The summed E-state index contributed by atoms with van der Waals surface area (Å²) in [4.78, 5) is 0. The third kappa shape index (κ3) is 3.25. The second-order valence-corrected chi connectivity index (χ2v) is 5.87. The molecule has 2 aromatic rings. The van der Waals surface area contributed by atoms with Gasteiger partial charge in [-0.15, -0.1) is 0 Å². The van der Waals surface area contributed by atoms with Crippen LogP contribution in [-0.2, 0) is 0 Å². The zero-order chi connectivity index (χ0) is 14.7. The second-order valence-electron chi connectivity index (χ2n) is 4.61. The number of nitrogens with one attached hydrogen (secondary N) is 1. The molecule has 0 saturated heterocycles. The van der Waals surface area contributed by atoms with Crippen LogP contribution in [0.15, 0.2) is 33.4 Å². The molecule has 108 valence electrons. The fraction of sp³-hybridized carbons (Fsp3) is 0.333. The average Bonchev–Trinajstić information content (AvgIpc) is 2.82. The smallest absolute Gasteiger partial charge is 0.129 e. The zero-order valence-corrected chi connectivity index (χ0v) is 13.7. The van der Waals surface area contributed by atoms with Crippen molar-refractivity contribution in [3.63, 3.8) is 0 Å². The van der Waals surface area contributed by atoms with E-state index in [0.29, 0.717) is 15.1 Å². The number of benzene rings is 1. The monoisotopic (exact) mass is 359 g/mol. The molecule has 0 radical (unpaired) electrons. The highest BCUT2D eigenvalue weighted by Gasteiger charge is 2.21.